The first-order valence-corrected chi connectivity index (χ1v) is 10.8. The molecule has 31 heavy (non-hydrogen) atoms. The van der Waals surface area contributed by atoms with Crippen molar-refractivity contribution in [1.82, 2.24) is 4.57 Å². The third-order valence-electron chi connectivity index (χ3n) is 5.66. The molecule has 0 saturated carbocycles. The Morgan fingerprint density at radius 3 is 2.16 bits per heavy atom. The molecule has 1 aromatic heterocycles. The predicted octanol–water partition coefficient (Wildman–Crippen LogP) is 6.83. The van der Waals surface area contributed by atoms with Gasteiger partial charge in [-0.25, -0.2) is 4.79 Å². The number of para-hydroxylation sites is 1. The number of esters is 1. The molecule has 3 nitrogen and oxygen atoms in total. The molecule has 0 amide bonds. The van der Waals surface area contributed by atoms with Crippen molar-refractivity contribution in [3.05, 3.63) is 95.7 Å². The van der Waals surface area contributed by atoms with E-state index in [-0.39, 0.29) is 11.4 Å². The van der Waals surface area contributed by atoms with Gasteiger partial charge in [0, 0.05) is 23.0 Å². The molecule has 0 aliphatic heterocycles. The first-order valence-electron chi connectivity index (χ1n) is 10.8. The molecule has 0 saturated heterocycles. The van der Waals surface area contributed by atoms with Gasteiger partial charge in [-0.1, -0.05) is 93.6 Å². The van der Waals surface area contributed by atoms with E-state index in [1.54, 1.807) is 0 Å². The van der Waals surface area contributed by atoms with Gasteiger partial charge in [0.1, 0.15) is 5.69 Å². The Morgan fingerprint density at radius 1 is 0.871 bits per heavy atom. The summed E-state index contributed by atoms with van der Waals surface area (Å²) in [5.74, 6) is -0.287. The van der Waals surface area contributed by atoms with Crippen molar-refractivity contribution in [2.24, 2.45) is 0 Å². The number of carbonyl (C=O) groups excluding carboxylic acids is 1. The SMILES string of the molecule is CCOC(=O)c1c(-c2ccc(C(C)(C)C)cc2)c2ccccc2n1Cc1ccccc1. The Morgan fingerprint density at radius 2 is 1.52 bits per heavy atom. The van der Waals surface area contributed by atoms with Crippen molar-refractivity contribution in [2.45, 2.75) is 39.7 Å². The van der Waals surface area contributed by atoms with E-state index in [4.69, 9.17) is 4.74 Å². The van der Waals surface area contributed by atoms with Crippen LogP contribution in [-0.2, 0) is 16.7 Å². The van der Waals surface area contributed by atoms with E-state index in [1.165, 1.54) is 5.56 Å². The van der Waals surface area contributed by atoms with E-state index >= 15 is 0 Å². The van der Waals surface area contributed by atoms with Crippen LogP contribution in [-0.4, -0.2) is 17.1 Å². The van der Waals surface area contributed by atoms with Crippen LogP contribution in [0.3, 0.4) is 0 Å². The van der Waals surface area contributed by atoms with Gasteiger partial charge in [-0.15, -0.1) is 0 Å². The fraction of sp³-hybridized carbons (Fsp3) is 0.250. The normalized spacial score (nSPS) is 11.6. The van der Waals surface area contributed by atoms with Crippen LogP contribution in [0.2, 0.25) is 0 Å². The average Bonchev–Trinajstić information content (AvgIpc) is 3.08. The van der Waals surface area contributed by atoms with Crippen LogP contribution in [0.4, 0.5) is 0 Å². The quantitative estimate of drug-likeness (QED) is 0.337. The molecule has 0 fully saturated rings. The Bertz CT molecular complexity index is 1200. The molecule has 4 rings (SSSR count). The maximum absolute atomic E-state index is 13.2. The molecule has 158 valence electrons. The Labute approximate surface area is 184 Å². The van der Waals surface area contributed by atoms with Gasteiger partial charge < -0.3 is 9.30 Å². The Balaban J connectivity index is 1.95. The highest BCUT2D eigenvalue weighted by molar-refractivity contribution is 6.08. The van der Waals surface area contributed by atoms with Crippen molar-refractivity contribution in [3.8, 4) is 11.1 Å². The number of aromatic nitrogens is 1. The standard InChI is InChI=1S/C28H29NO2/c1-5-31-27(30)26-25(21-15-17-22(18-16-21)28(2,3)4)23-13-9-10-14-24(23)29(26)19-20-11-7-6-8-12-20/h6-18H,5,19H2,1-4H3. The zero-order valence-corrected chi connectivity index (χ0v) is 18.7. The molecule has 3 aromatic carbocycles. The van der Waals surface area contributed by atoms with Gasteiger partial charge in [0.25, 0.3) is 0 Å². The largest absolute Gasteiger partial charge is 0.461 e. The van der Waals surface area contributed by atoms with Gasteiger partial charge in [0.05, 0.1) is 6.61 Å². The fourth-order valence-corrected chi connectivity index (χ4v) is 4.07. The summed E-state index contributed by atoms with van der Waals surface area (Å²) in [6, 6.07) is 27.0. The minimum atomic E-state index is -0.287. The molecule has 0 radical (unpaired) electrons. The summed E-state index contributed by atoms with van der Waals surface area (Å²) in [7, 11) is 0. The van der Waals surface area contributed by atoms with Crippen molar-refractivity contribution in [1.29, 1.82) is 0 Å². The number of benzene rings is 3. The molecule has 0 aliphatic rings. The highest BCUT2D eigenvalue weighted by Gasteiger charge is 2.25. The summed E-state index contributed by atoms with van der Waals surface area (Å²) in [4.78, 5) is 13.2. The van der Waals surface area contributed by atoms with E-state index in [2.05, 4.69) is 73.9 Å². The van der Waals surface area contributed by atoms with Crippen molar-refractivity contribution >= 4 is 16.9 Å². The summed E-state index contributed by atoms with van der Waals surface area (Å²) in [6.07, 6.45) is 0. The second-order valence-corrected chi connectivity index (χ2v) is 8.86. The van der Waals surface area contributed by atoms with Gasteiger partial charge in [-0.3, -0.25) is 0 Å². The maximum Gasteiger partial charge on any atom is 0.355 e. The molecular weight excluding hydrogens is 382 g/mol. The lowest BCUT2D eigenvalue weighted by Crippen LogP contribution is -2.14. The van der Waals surface area contributed by atoms with Crippen molar-refractivity contribution < 1.29 is 9.53 Å². The van der Waals surface area contributed by atoms with Gasteiger partial charge in [-0.2, -0.15) is 0 Å². The summed E-state index contributed by atoms with van der Waals surface area (Å²) in [5, 5.41) is 1.06. The van der Waals surface area contributed by atoms with Crippen molar-refractivity contribution in [3.63, 3.8) is 0 Å². The monoisotopic (exact) mass is 411 g/mol. The van der Waals surface area contributed by atoms with Gasteiger partial charge in [-0.05, 0) is 35.1 Å². The highest BCUT2D eigenvalue weighted by Crippen LogP contribution is 2.37. The zero-order chi connectivity index (χ0) is 22.0. The maximum atomic E-state index is 13.2. The number of fused-ring (bicyclic) bond motifs is 1. The van der Waals surface area contributed by atoms with Crippen LogP contribution in [0.1, 0.15) is 49.3 Å². The third kappa shape index (κ3) is 4.13. The molecule has 0 atom stereocenters. The Kier molecular flexibility index (Phi) is 5.69. The van der Waals surface area contributed by atoms with Gasteiger partial charge in [0.2, 0.25) is 0 Å². The lowest BCUT2D eigenvalue weighted by molar-refractivity contribution is 0.0516. The number of rotatable bonds is 5. The van der Waals surface area contributed by atoms with Gasteiger partial charge >= 0.3 is 5.97 Å². The number of hydrogen-bond donors (Lipinski definition) is 0. The van der Waals surface area contributed by atoms with E-state index < -0.39 is 0 Å². The van der Waals surface area contributed by atoms with E-state index in [0.29, 0.717) is 18.8 Å². The molecule has 0 spiro atoms. The topological polar surface area (TPSA) is 31.2 Å². The molecule has 0 unspecified atom stereocenters. The van der Waals surface area contributed by atoms with E-state index in [0.717, 1.165) is 27.6 Å². The molecule has 3 heteroatoms. The predicted molar refractivity (Wildman–Crippen MR) is 128 cm³/mol. The number of carbonyl (C=O) groups is 1. The molecule has 0 aliphatic carbocycles. The summed E-state index contributed by atoms with van der Waals surface area (Å²) in [5.41, 5.74) is 6.08. The Hall–Kier alpha value is -3.33. The highest BCUT2D eigenvalue weighted by atomic mass is 16.5. The first-order chi connectivity index (χ1) is 14.9. The van der Waals surface area contributed by atoms with Crippen LogP contribution < -0.4 is 0 Å². The number of ether oxygens (including phenoxy) is 1. The van der Waals surface area contributed by atoms with Crippen LogP contribution in [0.15, 0.2) is 78.9 Å². The van der Waals surface area contributed by atoms with Crippen molar-refractivity contribution in [2.75, 3.05) is 6.61 Å². The van der Waals surface area contributed by atoms with Gasteiger partial charge in [0.15, 0.2) is 0 Å². The molecular formula is C28H29NO2. The lowest BCUT2D eigenvalue weighted by Gasteiger charge is -2.19. The summed E-state index contributed by atoms with van der Waals surface area (Å²) < 4.78 is 7.61. The minimum Gasteiger partial charge on any atom is -0.461 e. The average molecular weight is 412 g/mol. The van der Waals surface area contributed by atoms with Crippen LogP contribution in [0.25, 0.3) is 22.0 Å². The van der Waals surface area contributed by atoms with Crippen LogP contribution >= 0.6 is 0 Å². The summed E-state index contributed by atoms with van der Waals surface area (Å²) in [6.45, 7) is 9.41. The fourth-order valence-electron chi connectivity index (χ4n) is 4.07. The van der Waals surface area contributed by atoms with E-state index in [9.17, 15) is 4.79 Å². The lowest BCUT2D eigenvalue weighted by atomic mass is 9.86. The second kappa shape index (κ2) is 8.43. The molecule has 1 heterocycles. The van der Waals surface area contributed by atoms with Crippen LogP contribution in [0, 0.1) is 0 Å². The minimum absolute atomic E-state index is 0.0732. The number of nitrogens with zero attached hydrogens (tertiary/aromatic N) is 1. The first kappa shape index (κ1) is 20.9. The number of hydrogen-bond acceptors (Lipinski definition) is 2. The molecule has 0 N–H and O–H groups in total. The smallest absolute Gasteiger partial charge is 0.355 e. The zero-order valence-electron chi connectivity index (χ0n) is 18.7. The van der Waals surface area contributed by atoms with E-state index in [1.807, 2.05) is 37.3 Å². The summed E-state index contributed by atoms with van der Waals surface area (Å²) >= 11 is 0. The molecule has 0 bridgehead atoms. The molecule has 4 aromatic rings. The van der Waals surface area contributed by atoms with Crippen LogP contribution in [0.5, 0.6) is 0 Å². The third-order valence-corrected chi connectivity index (χ3v) is 5.66. The second-order valence-electron chi connectivity index (χ2n) is 8.86.